The van der Waals surface area contributed by atoms with Crippen LogP contribution in [0.25, 0.3) is 0 Å². The molecular weight excluding hydrogens is 341 g/mol. The fourth-order valence-corrected chi connectivity index (χ4v) is 3.48. The predicted molar refractivity (Wildman–Crippen MR) is 93.9 cm³/mol. The van der Waals surface area contributed by atoms with Crippen LogP contribution < -0.4 is 5.32 Å². The van der Waals surface area contributed by atoms with Gasteiger partial charge in [0, 0.05) is 27.9 Å². The molecule has 0 aliphatic rings. The van der Waals surface area contributed by atoms with Crippen molar-refractivity contribution in [2.24, 2.45) is 0 Å². The van der Waals surface area contributed by atoms with Crippen molar-refractivity contribution in [1.82, 2.24) is 9.78 Å². The van der Waals surface area contributed by atoms with Crippen molar-refractivity contribution in [2.45, 2.75) is 25.6 Å². The lowest BCUT2D eigenvalue weighted by atomic mass is 10.2. The molecule has 0 saturated heterocycles. The van der Waals surface area contributed by atoms with Gasteiger partial charge in [0.1, 0.15) is 5.82 Å². The van der Waals surface area contributed by atoms with Gasteiger partial charge >= 0.3 is 0 Å². The van der Waals surface area contributed by atoms with Crippen molar-refractivity contribution in [3.63, 3.8) is 0 Å². The van der Waals surface area contributed by atoms with Gasteiger partial charge in [0.25, 0.3) is 0 Å². The molecule has 7 heteroatoms. The molecule has 0 spiro atoms. The highest BCUT2D eigenvalue weighted by Gasteiger charge is 2.11. The molecule has 22 heavy (non-hydrogen) atoms. The van der Waals surface area contributed by atoms with Crippen LogP contribution in [0.4, 0.5) is 5.82 Å². The minimum absolute atomic E-state index is 0.0735. The van der Waals surface area contributed by atoms with Crippen LogP contribution in [0.2, 0.25) is 10.0 Å². The summed E-state index contributed by atoms with van der Waals surface area (Å²) in [6.07, 6.45) is 1.67. The van der Waals surface area contributed by atoms with E-state index < -0.39 is 0 Å². The number of nitrogens with one attached hydrogen (secondary N) is 1. The summed E-state index contributed by atoms with van der Waals surface area (Å²) in [6, 6.07) is 7.38. The minimum Gasteiger partial charge on any atom is -0.310 e. The molecule has 2 rings (SSSR count). The zero-order chi connectivity index (χ0) is 16.1. The maximum Gasteiger partial charge on any atom is 0.235 e. The Hall–Kier alpha value is -1.17. The number of rotatable bonds is 6. The summed E-state index contributed by atoms with van der Waals surface area (Å²) in [4.78, 5) is 12.0. The average Bonchev–Trinajstić information content (AvgIpc) is 2.90. The van der Waals surface area contributed by atoms with E-state index in [-0.39, 0.29) is 11.9 Å². The van der Waals surface area contributed by atoms with Crippen molar-refractivity contribution < 1.29 is 4.79 Å². The number of halogens is 2. The first kappa shape index (κ1) is 17.2. The largest absolute Gasteiger partial charge is 0.310 e. The van der Waals surface area contributed by atoms with E-state index in [0.29, 0.717) is 27.4 Å². The number of hydrogen-bond donors (Lipinski definition) is 1. The van der Waals surface area contributed by atoms with Crippen LogP contribution in [0.15, 0.2) is 30.5 Å². The number of nitrogens with zero attached hydrogens (tertiary/aromatic N) is 2. The molecule has 0 bridgehead atoms. The minimum atomic E-state index is -0.0735. The Balaban J connectivity index is 1.87. The lowest BCUT2D eigenvalue weighted by Crippen LogP contribution is -2.18. The highest BCUT2D eigenvalue weighted by atomic mass is 35.5. The van der Waals surface area contributed by atoms with E-state index in [1.54, 1.807) is 35.1 Å². The molecule has 4 nitrogen and oxygen atoms in total. The number of anilines is 1. The van der Waals surface area contributed by atoms with Gasteiger partial charge in [0.2, 0.25) is 5.91 Å². The highest BCUT2D eigenvalue weighted by molar-refractivity contribution is 7.99. The lowest BCUT2D eigenvalue weighted by molar-refractivity contribution is -0.113. The second-order valence-electron chi connectivity index (χ2n) is 5.00. The fraction of sp³-hybridized carbons (Fsp3) is 0.333. The first-order valence-electron chi connectivity index (χ1n) is 6.83. The molecule has 118 valence electrons. The van der Waals surface area contributed by atoms with E-state index in [4.69, 9.17) is 23.2 Å². The lowest BCUT2D eigenvalue weighted by Gasteiger charge is -2.12. The van der Waals surface area contributed by atoms with Crippen LogP contribution in [0.1, 0.15) is 25.5 Å². The number of carbonyl (C=O) groups excluding carboxylic acids is 1. The third-order valence-electron chi connectivity index (χ3n) is 2.97. The molecule has 0 aliphatic carbocycles. The molecule has 1 aromatic heterocycles. The Morgan fingerprint density at radius 1 is 1.32 bits per heavy atom. The fourth-order valence-electron chi connectivity index (χ4n) is 1.92. The van der Waals surface area contributed by atoms with Crippen LogP contribution in [-0.4, -0.2) is 21.4 Å². The molecule has 1 amide bonds. The topological polar surface area (TPSA) is 46.9 Å². The Bertz CT molecular complexity index is 638. The number of hydrogen-bond acceptors (Lipinski definition) is 3. The Morgan fingerprint density at radius 3 is 2.64 bits per heavy atom. The van der Waals surface area contributed by atoms with Gasteiger partial charge in [0.05, 0.1) is 11.9 Å². The third-order valence-corrected chi connectivity index (χ3v) is 4.64. The van der Waals surface area contributed by atoms with Crippen LogP contribution in [0.5, 0.6) is 0 Å². The van der Waals surface area contributed by atoms with E-state index in [9.17, 15) is 4.79 Å². The Labute approximate surface area is 144 Å². The summed E-state index contributed by atoms with van der Waals surface area (Å²) in [6.45, 7) is 4.02. The smallest absolute Gasteiger partial charge is 0.235 e. The van der Waals surface area contributed by atoms with Crippen molar-refractivity contribution in [1.29, 1.82) is 0 Å². The maximum atomic E-state index is 12.0. The average molecular weight is 358 g/mol. The van der Waals surface area contributed by atoms with Crippen molar-refractivity contribution in [3.8, 4) is 0 Å². The van der Waals surface area contributed by atoms with E-state index >= 15 is 0 Å². The van der Waals surface area contributed by atoms with Crippen molar-refractivity contribution in [3.05, 3.63) is 46.1 Å². The number of aromatic nitrogens is 2. The Kier molecular flexibility index (Phi) is 6.17. The quantitative estimate of drug-likeness (QED) is 0.818. The third kappa shape index (κ3) is 4.41. The number of carbonyl (C=O) groups is 1. The SMILES string of the molecule is CC(C)n1nccc1NC(=O)CSCc1c(Cl)cccc1Cl. The highest BCUT2D eigenvalue weighted by Crippen LogP contribution is 2.28. The summed E-state index contributed by atoms with van der Waals surface area (Å²) in [5.41, 5.74) is 0.857. The van der Waals surface area contributed by atoms with Crippen LogP contribution in [0.3, 0.4) is 0 Å². The van der Waals surface area contributed by atoms with Gasteiger partial charge in [0.15, 0.2) is 0 Å². The van der Waals surface area contributed by atoms with E-state index in [0.717, 1.165) is 5.56 Å². The summed E-state index contributed by atoms with van der Waals surface area (Å²) in [7, 11) is 0. The molecule has 1 N–H and O–H groups in total. The molecule has 0 fully saturated rings. The molecule has 0 atom stereocenters. The molecule has 0 aliphatic heterocycles. The van der Waals surface area contributed by atoms with E-state index in [2.05, 4.69) is 10.4 Å². The predicted octanol–water partition coefficient (Wildman–Crippen LogP) is 4.64. The summed E-state index contributed by atoms with van der Waals surface area (Å²) in [5, 5.41) is 8.29. The van der Waals surface area contributed by atoms with Gasteiger partial charge in [-0.3, -0.25) is 4.79 Å². The van der Waals surface area contributed by atoms with Crippen LogP contribution >= 0.6 is 35.0 Å². The number of benzene rings is 1. The molecule has 0 radical (unpaired) electrons. The number of amides is 1. The summed E-state index contributed by atoms with van der Waals surface area (Å²) in [5.74, 6) is 1.55. The van der Waals surface area contributed by atoms with Gasteiger partial charge in [-0.15, -0.1) is 11.8 Å². The second-order valence-corrected chi connectivity index (χ2v) is 6.80. The zero-order valence-electron chi connectivity index (χ0n) is 12.3. The van der Waals surface area contributed by atoms with Gasteiger partial charge in [-0.1, -0.05) is 29.3 Å². The number of thioether (sulfide) groups is 1. The summed E-state index contributed by atoms with van der Waals surface area (Å²) >= 11 is 13.7. The van der Waals surface area contributed by atoms with Crippen molar-refractivity contribution >= 4 is 46.7 Å². The van der Waals surface area contributed by atoms with Gasteiger partial charge < -0.3 is 5.32 Å². The van der Waals surface area contributed by atoms with Gasteiger partial charge in [-0.05, 0) is 31.5 Å². The van der Waals surface area contributed by atoms with E-state index in [1.807, 2.05) is 13.8 Å². The second kappa shape index (κ2) is 7.90. The van der Waals surface area contributed by atoms with Crippen LogP contribution in [0, 0.1) is 0 Å². The molecule has 1 heterocycles. The molecule has 2 aromatic rings. The Morgan fingerprint density at radius 2 is 2.00 bits per heavy atom. The standard InChI is InChI=1S/C15H17Cl2N3OS/c1-10(2)20-14(6-7-18-20)19-15(21)9-22-8-11-12(16)4-3-5-13(11)17/h3-7,10H,8-9H2,1-2H3,(H,19,21). The molecule has 1 aromatic carbocycles. The van der Waals surface area contributed by atoms with E-state index in [1.165, 1.54) is 11.8 Å². The molecule has 0 saturated carbocycles. The molecular formula is C15H17Cl2N3OS. The summed E-state index contributed by atoms with van der Waals surface area (Å²) < 4.78 is 1.77. The normalized spacial score (nSPS) is 11.0. The maximum absolute atomic E-state index is 12.0. The van der Waals surface area contributed by atoms with Crippen molar-refractivity contribution in [2.75, 3.05) is 11.1 Å². The zero-order valence-corrected chi connectivity index (χ0v) is 14.7. The first-order valence-corrected chi connectivity index (χ1v) is 8.74. The first-order chi connectivity index (χ1) is 10.5. The van der Waals surface area contributed by atoms with Gasteiger partial charge in [-0.2, -0.15) is 5.10 Å². The van der Waals surface area contributed by atoms with Crippen LogP contribution in [-0.2, 0) is 10.5 Å². The van der Waals surface area contributed by atoms with Gasteiger partial charge in [-0.25, -0.2) is 4.68 Å². The molecule has 0 unspecified atom stereocenters. The monoisotopic (exact) mass is 357 g/mol.